The average Bonchev–Trinajstić information content (AvgIpc) is 3.38. The first kappa shape index (κ1) is 32.9. The molecular formula is C31H42ClFN10O. The largest absolute Gasteiger partial charge is 0.388 e. The zero-order valence-corrected chi connectivity index (χ0v) is 25.9. The lowest BCUT2D eigenvalue weighted by Crippen LogP contribution is -2.41. The number of hydrogen-bond acceptors (Lipinski definition) is 7. The maximum atomic E-state index is 15.1. The molecule has 3 aromatic rings. The van der Waals surface area contributed by atoms with E-state index in [4.69, 9.17) is 34.5 Å². The van der Waals surface area contributed by atoms with E-state index in [1.165, 1.54) is 0 Å². The fourth-order valence-electron chi connectivity index (χ4n) is 4.94. The molecule has 4 rings (SSSR count). The summed E-state index contributed by atoms with van der Waals surface area (Å²) in [6, 6.07) is 13.2. The molecule has 0 saturated carbocycles. The first-order valence-corrected chi connectivity index (χ1v) is 15.0. The number of anilines is 1. The number of hydrogen-bond donors (Lipinski definition) is 7. The molecule has 0 saturated heterocycles. The van der Waals surface area contributed by atoms with E-state index >= 15 is 4.39 Å². The molecule has 2 heterocycles. The number of nitrogens with zero attached hydrogens (tertiary/aromatic N) is 4. The minimum atomic E-state index is -1.16. The van der Waals surface area contributed by atoms with Crippen molar-refractivity contribution in [2.75, 3.05) is 18.0 Å². The summed E-state index contributed by atoms with van der Waals surface area (Å²) in [5.41, 5.74) is 26.6. The van der Waals surface area contributed by atoms with Crippen molar-refractivity contribution < 1.29 is 9.50 Å². The lowest BCUT2D eigenvalue weighted by Gasteiger charge is -2.25. The van der Waals surface area contributed by atoms with E-state index in [0.29, 0.717) is 53.9 Å². The number of aromatic nitrogens is 1. The van der Waals surface area contributed by atoms with Gasteiger partial charge in [0.05, 0.1) is 23.1 Å². The quantitative estimate of drug-likeness (QED) is 0.105. The van der Waals surface area contributed by atoms with Gasteiger partial charge in [0.15, 0.2) is 11.8 Å². The number of halogens is 2. The number of H-pyrrole nitrogens is 1. The van der Waals surface area contributed by atoms with Crippen LogP contribution in [-0.4, -0.2) is 53.4 Å². The first-order chi connectivity index (χ1) is 21.0. The van der Waals surface area contributed by atoms with Gasteiger partial charge in [-0.05, 0) is 81.0 Å². The van der Waals surface area contributed by atoms with Gasteiger partial charge in [-0.2, -0.15) is 0 Å². The van der Waals surface area contributed by atoms with E-state index in [1.807, 2.05) is 37.3 Å². The number of aromatic amines is 1. The summed E-state index contributed by atoms with van der Waals surface area (Å²) in [7, 11) is 0. The van der Waals surface area contributed by atoms with Crippen molar-refractivity contribution in [2.24, 2.45) is 37.9 Å². The van der Waals surface area contributed by atoms with Gasteiger partial charge in [-0.3, -0.25) is 9.98 Å². The Kier molecular flexibility index (Phi) is 11.3. The van der Waals surface area contributed by atoms with Gasteiger partial charge in [0.1, 0.15) is 5.49 Å². The number of nitrogens with two attached hydrogens (primary N) is 4. The summed E-state index contributed by atoms with van der Waals surface area (Å²) in [6.45, 7) is 5.29. The first-order valence-electron chi connectivity index (χ1n) is 14.6. The Bertz CT molecular complexity index is 1590. The molecule has 0 fully saturated rings. The van der Waals surface area contributed by atoms with E-state index in [2.05, 4.69) is 25.3 Å². The van der Waals surface area contributed by atoms with Gasteiger partial charge in [-0.25, -0.2) is 9.38 Å². The fraction of sp³-hybridized carbons (Fsp3) is 0.387. The summed E-state index contributed by atoms with van der Waals surface area (Å²) in [5, 5.41) is 15.1. The minimum Gasteiger partial charge on any atom is -0.388 e. The maximum Gasteiger partial charge on any atom is 0.231 e. The Morgan fingerprint density at radius 2 is 1.89 bits per heavy atom. The second kappa shape index (κ2) is 15.2. The highest BCUT2D eigenvalue weighted by atomic mass is 35.5. The van der Waals surface area contributed by atoms with Crippen molar-refractivity contribution in [1.82, 2.24) is 10.3 Å². The minimum absolute atomic E-state index is 0.0311. The van der Waals surface area contributed by atoms with Crippen molar-refractivity contribution in [3.8, 4) is 11.3 Å². The third-order valence-electron chi connectivity index (χ3n) is 7.26. The lowest BCUT2D eigenvalue weighted by molar-refractivity contribution is 0.186. The highest BCUT2D eigenvalue weighted by Gasteiger charge is 2.20. The van der Waals surface area contributed by atoms with Crippen LogP contribution in [0.5, 0.6) is 0 Å². The number of fused-ring (bicyclic) bond motifs is 1. The molecule has 0 spiro atoms. The molecule has 13 heteroatoms. The van der Waals surface area contributed by atoms with E-state index in [0.717, 1.165) is 36.1 Å². The number of nitrogens with one attached hydrogen (secondary N) is 2. The standard InChI is InChI=1S/C31H42ClFN10O/c1-18(34)4-3-5-21-12-25(28(33)26(32)13-21)27-14-22-17-43(31(44)42-29(22)41-27)24-8-6-20(7-9-24)15-40-23(16-39-19(2)35)10-11-38-30(36)37/h6-9,12-14,17-18,23,31,40,44H,3-5,10-11,15-16,34H2,1-2H3,(H2,35,39)(H,41,42)(H4,36,37,38)/t18-,23+,31?/m0/s1. The van der Waals surface area contributed by atoms with E-state index in [9.17, 15) is 5.11 Å². The number of aliphatic imine (C=N–C) groups is 2. The zero-order chi connectivity index (χ0) is 31.8. The van der Waals surface area contributed by atoms with Crippen LogP contribution >= 0.6 is 11.6 Å². The topological polar surface area (TPSA) is 192 Å². The normalized spacial score (nSPS) is 16.1. The molecule has 0 bridgehead atoms. The molecule has 1 unspecified atom stereocenters. The van der Waals surface area contributed by atoms with Crippen LogP contribution in [0.15, 0.2) is 57.4 Å². The molecule has 0 aliphatic carbocycles. The van der Waals surface area contributed by atoms with E-state index < -0.39 is 12.2 Å². The summed E-state index contributed by atoms with van der Waals surface area (Å²) >= 11 is 6.26. The summed E-state index contributed by atoms with van der Waals surface area (Å²) in [4.78, 5) is 17.6. The van der Waals surface area contributed by atoms with Crippen LogP contribution < -0.4 is 43.9 Å². The highest BCUT2D eigenvalue weighted by molar-refractivity contribution is 6.31. The van der Waals surface area contributed by atoms with Crippen LogP contribution in [0.1, 0.15) is 44.2 Å². The van der Waals surface area contributed by atoms with Gasteiger partial charge < -0.3 is 43.2 Å². The van der Waals surface area contributed by atoms with Gasteiger partial charge in [-0.15, -0.1) is 0 Å². The Morgan fingerprint density at radius 1 is 1.14 bits per heavy atom. The molecule has 1 aliphatic heterocycles. The third kappa shape index (κ3) is 9.02. The number of amidine groups is 1. The smallest absolute Gasteiger partial charge is 0.231 e. The SMILES string of the molecule is CC(N)=NC[C@@H](CCN=C(N)N)NCc1ccc(N2C=c3cc(-c4cc(CCC[C@H](C)N)cc(Cl)c4F)[nH]c3=NC2O)cc1. The number of rotatable bonds is 14. The molecule has 2 aromatic carbocycles. The molecule has 44 heavy (non-hydrogen) atoms. The molecule has 11 nitrogen and oxygen atoms in total. The Hall–Kier alpha value is -3.97. The molecular weight excluding hydrogens is 583 g/mol. The summed E-state index contributed by atoms with van der Waals surface area (Å²) < 4.78 is 15.1. The molecule has 236 valence electrons. The average molecular weight is 625 g/mol. The van der Waals surface area contributed by atoms with Gasteiger partial charge in [0.2, 0.25) is 6.35 Å². The monoisotopic (exact) mass is 624 g/mol. The lowest BCUT2D eigenvalue weighted by atomic mass is 10.0. The predicted octanol–water partition coefficient (Wildman–Crippen LogP) is 1.80. The molecule has 1 aliphatic rings. The Morgan fingerprint density at radius 3 is 2.57 bits per heavy atom. The van der Waals surface area contributed by atoms with Gasteiger partial charge >= 0.3 is 0 Å². The van der Waals surface area contributed by atoms with Crippen LogP contribution in [0.2, 0.25) is 5.02 Å². The molecule has 11 N–H and O–H groups in total. The van der Waals surface area contributed by atoms with Crippen LogP contribution in [0.3, 0.4) is 0 Å². The van der Waals surface area contributed by atoms with Crippen LogP contribution in [-0.2, 0) is 13.0 Å². The second-order valence-electron chi connectivity index (χ2n) is 11.1. The number of aliphatic hydroxyl groups excluding tert-OH is 1. The maximum absolute atomic E-state index is 15.1. The Labute approximate surface area is 261 Å². The fourth-order valence-corrected chi connectivity index (χ4v) is 5.18. The molecule has 0 amide bonds. The third-order valence-corrected chi connectivity index (χ3v) is 7.54. The number of benzene rings is 2. The van der Waals surface area contributed by atoms with Crippen LogP contribution in [0.25, 0.3) is 17.5 Å². The zero-order valence-electron chi connectivity index (χ0n) is 25.1. The second-order valence-corrected chi connectivity index (χ2v) is 11.5. The van der Waals surface area contributed by atoms with Crippen LogP contribution in [0.4, 0.5) is 10.1 Å². The van der Waals surface area contributed by atoms with E-state index in [1.54, 1.807) is 30.2 Å². The Balaban J connectivity index is 1.48. The van der Waals surface area contributed by atoms with Gasteiger partial charge in [0.25, 0.3) is 0 Å². The molecule has 0 radical (unpaired) electrons. The van der Waals surface area contributed by atoms with Crippen molar-refractivity contribution in [2.45, 2.75) is 64.5 Å². The van der Waals surface area contributed by atoms with Crippen molar-refractivity contribution in [1.29, 1.82) is 0 Å². The number of aryl methyl sites for hydroxylation is 1. The highest BCUT2D eigenvalue weighted by Crippen LogP contribution is 2.29. The molecule has 3 atom stereocenters. The summed E-state index contributed by atoms with van der Waals surface area (Å²) in [6.07, 6.45) is 3.81. The van der Waals surface area contributed by atoms with Gasteiger partial charge in [0, 0.05) is 47.8 Å². The number of aliphatic hydroxyl groups is 1. The van der Waals surface area contributed by atoms with Crippen molar-refractivity contribution >= 4 is 35.3 Å². The predicted molar refractivity (Wildman–Crippen MR) is 176 cm³/mol. The van der Waals surface area contributed by atoms with Crippen molar-refractivity contribution in [3.63, 3.8) is 0 Å². The van der Waals surface area contributed by atoms with Crippen LogP contribution in [0, 0.1) is 5.82 Å². The van der Waals surface area contributed by atoms with E-state index in [-0.39, 0.29) is 23.1 Å². The van der Waals surface area contributed by atoms with Crippen molar-refractivity contribution in [3.05, 3.63) is 75.1 Å². The van der Waals surface area contributed by atoms with Gasteiger partial charge in [-0.1, -0.05) is 23.7 Å². The number of guanidine groups is 1. The summed E-state index contributed by atoms with van der Waals surface area (Å²) in [5.74, 6) is 0.0583. The molecule has 1 aromatic heterocycles.